The van der Waals surface area contributed by atoms with Gasteiger partial charge in [0.25, 0.3) is 5.91 Å². The van der Waals surface area contributed by atoms with Gasteiger partial charge in [-0.1, -0.05) is 18.2 Å². The van der Waals surface area contributed by atoms with Gasteiger partial charge in [-0.3, -0.25) is 4.79 Å². The molecule has 1 aromatic rings. The summed E-state index contributed by atoms with van der Waals surface area (Å²) < 4.78 is 10.7. The molecule has 0 aliphatic carbocycles. The molecule has 0 bridgehead atoms. The lowest BCUT2D eigenvalue weighted by molar-refractivity contribution is -0.0172. The Kier molecular flexibility index (Phi) is 5.56. The monoisotopic (exact) mass is 277 g/mol. The van der Waals surface area contributed by atoms with E-state index in [1.54, 1.807) is 7.11 Å². The van der Waals surface area contributed by atoms with E-state index in [0.29, 0.717) is 19.8 Å². The summed E-state index contributed by atoms with van der Waals surface area (Å²) in [6.07, 6.45) is 2.14. The van der Waals surface area contributed by atoms with Gasteiger partial charge in [-0.05, 0) is 31.4 Å². The highest BCUT2D eigenvalue weighted by atomic mass is 16.5. The normalized spacial score (nSPS) is 19.1. The lowest BCUT2D eigenvalue weighted by Crippen LogP contribution is -2.43. The van der Waals surface area contributed by atoms with Crippen molar-refractivity contribution in [1.29, 1.82) is 0 Å². The summed E-state index contributed by atoms with van der Waals surface area (Å²) >= 11 is 0. The van der Waals surface area contributed by atoms with Crippen LogP contribution in [-0.2, 0) is 9.47 Å². The third-order valence-corrected chi connectivity index (χ3v) is 3.68. The van der Waals surface area contributed by atoms with E-state index in [1.807, 2.05) is 36.1 Å². The summed E-state index contributed by atoms with van der Waals surface area (Å²) in [6, 6.07) is 7.74. The lowest BCUT2D eigenvalue weighted by Gasteiger charge is -2.33. The number of benzene rings is 1. The van der Waals surface area contributed by atoms with Gasteiger partial charge in [0.1, 0.15) is 0 Å². The Balaban J connectivity index is 1.95. The summed E-state index contributed by atoms with van der Waals surface area (Å²) in [7, 11) is 1.66. The average Bonchev–Trinajstić information content (AvgIpc) is 2.48. The van der Waals surface area contributed by atoms with Gasteiger partial charge >= 0.3 is 0 Å². The Bertz CT molecular complexity index is 447. The van der Waals surface area contributed by atoms with Crippen LogP contribution in [0.4, 0.5) is 0 Å². The van der Waals surface area contributed by atoms with Crippen molar-refractivity contribution in [2.75, 3.05) is 33.4 Å². The second kappa shape index (κ2) is 7.41. The van der Waals surface area contributed by atoms with Crippen molar-refractivity contribution in [3.05, 3.63) is 35.4 Å². The predicted octanol–water partition coefficient (Wildman–Crippen LogP) is 2.26. The maximum atomic E-state index is 12.5. The van der Waals surface area contributed by atoms with Crippen LogP contribution in [0.3, 0.4) is 0 Å². The third kappa shape index (κ3) is 3.81. The fourth-order valence-corrected chi connectivity index (χ4v) is 2.54. The van der Waals surface area contributed by atoms with Crippen LogP contribution in [-0.4, -0.2) is 50.3 Å². The van der Waals surface area contributed by atoms with E-state index in [4.69, 9.17) is 9.47 Å². The van der Waals surface area contributed by atoms with E-state index in [0.717, 1.165) is 30.5 Å². The van der Waals surface area contributed by atoms with E-state index < -0.39 is 0 Å². The average molecular weight is 277 g/mol. The van der Waals surface area contributed by atoms with Gasteiger partial charge in [0.15, 0.2) is 0 Å². The molecule has 1 aliphatic heterocycles. The Morgan fingerprint density at radius 2 is 2.15 bits per heavy atom. The molecule has 4 heteroatoms. The summed E-state index contributed by atoms with van der Waals surface area (Å²) in [4.78, 5) is 14.4. The molecule has 4 nitrogen and oxygen atoms in total. The van der Waals surface area contributed by atoms with Gasteiger partial charge in [0.2, 0.25) is 0 Å². The second-order valence-electron chi connectivity index (χ2n) is 5.19. The van der Waals surface area contributed by atoms with Crippen molar-refractivity contribution in [3.8, 4) is 0 Å². The fourth-order valence-electron chi connectivity index (χ4n) is 2.54. The number of hydrogen-bond donors (Lipinski definition) is 0. The number of ether oxygens (including phenoxy) is 2. The van der Waals surface area contributed by atoms with Crippen molar-refractivity contribution in [3.63, 3.8) is 0 Å². The van der Waals surface area contributed by atoms with Crippen LogP contribution in [0.15, 0.2) is 24.3 Å². The molecule has 1 aromatic carbocycles. The Morgan fingerprint density at radius 1 is 1.35 bits per heavy atom. The number of carbonyl (C=O) groups excluding carboxylic acids is 1. The topological polar surface area (TPSA) is 38.8 Å². The number of piperidine rings is 1. The largest absolute Gasteiger partial charge is 0.382 e. The predicted molar refractivity (Wildman–Crippen MR) is 77.9 cm³/mol. The van der Waals surface area contributed by atoms with Gasteiger partial charge in [0, 0.05) is 25.8 Å². The van der Waals surface area contributed by atoms with Gasteiger partial charge in [0.05, 0.1) is 19.3 Å². The number of nitrogens with zero attached hydrogens (tertiary/aromatic N) is 1. The number of likely N-dealkylation sites (tertiary alicyclic amines) is 1. The second-order valence-corrected chi connectivity index (χ2v) is 5.19. The highest BCUT2D eigenvalue weighted by Crippen LogP contribution is 2.17. The van der Waals surface area contributed by atoms with Crippen LogP contribution in [0.25, 0.3) is 0 Å². The summed E-state index contributed by atoms with van der Waals surface area (Å²) in [6.45, 7) is 4.66. The van der Waals surface area contributed by atoms with Crippen LogP contribution >= 0.6 is 0 Å². The van der Waals surface area contributed by atoms with Gasteiger partial charge in [-0.2, -0.15) is 0 Å². The molecule has 0 N–H and O–H groups in total. The minimum atomic E-state index is 0.114. The molecular weight excluding hydrogens is 254 g/mol. The van der Waals surface area contributed by atoms with Crippen molar-refractivity contribution in [2.24, 2.45) is 0 Å². The summed E-state index contributed by atoms with van der Waals surface area (Å²) in [5, 5.41) is 0. The zero-order valence-electron chi connectivity index (χ0n) is 12.3. The molecule has 0 aromatic heterocycles. The number of amides is 1. The Morgan fingerprint density at radius 3 is 2.90 bits per heavy atom. The van der Waals surface area contributed by atoms with E-state index >= 15 is 0 Å². The van der Waals surface area contributed by atoms with Gasteiger partial charge in [-0.15, -0.1) is 0 Å². The number of rotatable bonds is 5. The van der Waals surface area contributed by atoms with E-state index in [9.17, 15) is 4.79 Å². The van der Waals surface area contributed by atoms with Crippen LogP contribution in [0.1, 0.15) is 28.8 Å². The molecule has 20 heavy (non-hydrogen) atoms. The Labute approximate surface area is 120 Å². The maximum absolute atomic E-state index is 12.5. The highest BCUT2D eigenvalue weighted by molar-refractivity contribution is 5.95. The van der Waals surface area contributed by atoms with Crippen LogP contribution in [0, 0.1) is 6.92 Å². The lowest BCUT2D eigenvalue weighted by atomic mass is 10.0. The first-order chi connectivity index (χ1) is 9.72. The van der Waals surface area contributed by atoms with Gasteiger partial charge < -0.3 is 14.4 Å². The quantitative estimate of drug-likeness (QED) is 0.775. The zero-order chi connectivity index (χ0) is 14.4. The molecule has 1 aliphatic rings. The number of methoxy groups -OCH3 is 1. The molecular formula is C16H23NO3. The highest BCUT2D eigenvalue weighted by Gasteiger charge is 2.25. The summed E-state index contributed by atoms with van der Waals surface area (Å²) in [5.74, 6) is 0.114. The van der Waals surface area contributed by atoms with Crippen molar-refractivity contribution in [1.82, 2.24) is 4.90 Å². The van der Waals surface area contributed by atoms with E-state index in [2.05, 4.69) is 0 Å². The molecule has 1 saturated heterocycles. The molecule has 2 rings (SSSR count). The molecule has 1 fully saturated rings. The fraction of sp³-hybridized carbons (Fsp3) is 0.562. The van der Waals surface area contributed by atoms with Crippen molar-refractivity contribution >= 4 is 5.91 Å². The molecule has 0 radical (unpaired) electrons. The van der Waals surface area contributed by atoms with Crippen molar-refractivity contribution in [2.45, 2.75) is 25.9 Å². The Hall–Kier alpha value is -1.39. The molecule has 1 atom stereocenters. The van der Waals surface area contributed by atoms with Crippen LogP contribution in [0.5, 0.6) is 0 Å². The summed E-state index contributed by atoms with van der Waals surface area (Å²) in [5.41, 5.74) is 1.82. The first kappa shape index (κ1) is 15.0. The molecule has 1 amide bonds. The zero-order valence-corrected chi connectivity index (χ0v) is 12.3. The first-order valence-electron chi connectivity index (χ1n) is 7.18. The molecule has 0 saturated carbocycles. The first-order valence-corrected chi connectivity index (χ1v) is 7.18. The van der Waals surface area contributed by atoms with E-state index in [1.165, 1.54) is 0 Å². The third-order valence-electron chi connectivity index (χ3n) is 3.68. The number of aryl methyl sites for hydroxylation is 1. The molecule has 1 unspecified atom stereocenters. The van der Waals surface area contributed by atoms with Crippen LogP contribution in [0.2, 0.25) is 0 Å². The standard InChI is InChI=1S/C16H23NO3/c1-13-6-3-4-8-15(13)16(18)17-9-5-7-14(12-17)20-11-10-19-2/h3-4,6,8,14H,5,7,9-12H2,1-2H3. The van der Waals surface area contributed by atoms with Crippen LogP contribution < -0.4 is 0 Å². The molecule has 1 heterocycles. The smallest absolute Gasteiger partial charge is 0.254 e. The minimum Gasteiger partial charge on any atom is -0.382 e. The minimum absolute atomic E-state index is 0.114. The molecule has 110 valence electrons. The van der Waals surface area contributed by atoms with Crippen molar-refractivity contribution < 1.29 is 14.3 Å². The maximum Gasteiger partial charge on any atom is 0.254 e. The number of hydrogen-bond acceptors (Lipinski definition) is 3. The SMILES string of the molecule is COCCOC1CCCN(C(=O)c2ccccc2C)C1. The van der Waals surface area contributed by atoms with E-state index in [-0.39, 0.29) is 12.0 Å². The molecule has 0 spiro atoms. The van der Waals surface area contributed by atoms with Gasteiger partial charge in [-0.25, -0.2) is 0 Å². The number of carbonyl (C=O) groups is 1.